The number of benzene rings is 1. The molecule has 6 heteroatoms. The first-order valence-corrected chi connectivity index (χ1v) is 7.10. The van der Waals surface area contributed by atoms with Crippen LogP contribution in [-0.4, -0.2) is 25.8 Å². The van der Waals surface area contributed by atoms with E-state index < -0.39 is 5.97 Å². The Balaban J connectivity index is 1.97. The van der Waals surface area contributed by atoms with Crippen molar-refractivity contribution >= 4 is 5.97 Å². The Hall–Kier alpha value is -2.68. The Morgan fingerprint density at radius 1 is 1.55 bits per heavy atom. The van der Waals surface area contributed by atoms with Crippen LogP contribution in [0.2, 0.25) is 0 Å². The van der Waals surface area contributed by atoms with Crippen molar-refractivity contribution in [2.24, 2.45) is 13.0 Å². The third kappa shape index (κ3) is 2.35. The fraction of sp³-hybridized carbons (Fsp3) is 0.375. The molecule has 0 radical (unpaired) electrons. The summed E-state index contributed by atoms with van der Waals surface area (Å²) < 4.78 is 1.86. The summed E-state index contributed by atoms with van der Waals surface area (Å²) >= 11 is 0. The van der Waals surface area contributed by atoms with Gasteiger partial charge < -0.3 is 9.67 Å². The molecule has 1 fully saturated rings. The number of aromatic nitrogens is 3. The van der Waals surface area contributed by atoms with Gasteiger partial charge in [-0.25, -0.2) is 4.79 Å². The summed E-state index contributed by atoms with van der Waals surface area (Å²) in [5, 5.41) is 26.3. The Labute approximate surface area is 128 Å². The largest absolute Gasteiger partial charge is 0.478 e. The second-order valence-electron chi connectivity index (χ2n) is 5.94. The fourth-order valence-electron chi connectivity index (χ4n) is 3.21. The molecule has 112 valence electrons. The number of aromatic carboxylic acids is 1. The zero-order valence-corrected chi connectivity index (χ0v) is 12.2. The Morgan fingerprint density at radius 3 is 2.91 bits per heavy atom. The van der Waals surface area contributed by atoms with Gasteiger partial charge in [0.25, 0.3) is 0 Å². The number of hydrogen-bond acceptors (Lipinski definition) is 4. The van der Waals surface area contributed by atoms with Crippen molar-refractivity contribution in [2.75, 3.05) is 0 Å². The lowest BCUT2D eigenvalue weighted by Crippen LogP contribution is -2.43. The van der Waals surface area contributed by atoms with Gasteiger partial charge in [0.1, 0.15) is 12.2 Å². The van der Waals surface area contributed by atoms with Crippen LogP contribution in [0.25, 0.3) is 0 Å². The number of nitrogens with zero attached hydrogens (tertiary/aromatic N) is 4. The zero-order valence-electron chi connectivity index (χ0n) is 12.2. The first kappa shape index (κ1) is 14.3. The summed E-state index contributed by atoms with van der Waals surface area (Å²) in [7, 11) is 1.89. The maximum absolute atomic E-state index is 11.2. The molecule has 6 nitrogen and oxygen atoms in total. The molecular weight excluding hydrogens is 280 g/mol. The van der Waals surface area contributed by atoms with E-state index in [1.54, 1.807) is 24.5 Å². The monoisotopic (exact) mass is 296 g/mol. The van der Waals surface area contributed by atoms with Gasteiger partial charge in [-0.1, -0.05) is 12.1 Å². The molecule has 2 aromatic rings. The number of rotatable bonds is 4. The second kappa shape index (κ2) is 5.26. The van der Waals surface area contributed by atoms with Crippen molar-refractivity contribution in [1.29, 1.82) is 5.26 Å². The number of aryl methyl sites for hydroxylation is 1. The fourth-order valence-corrected chi connectivity index (χ4v) is 3.21. The van der Waals surface area contributed by atoms with Crippen LogP contribution < -0.4 is 0 Å². The molecule has 0 amide bonds. The van der Waals surface area contributed by atoms with E-state index in [9.17, 15) is 9.90 Å². The van der Waals surface area contributed by atoms with Gasteiger partial charge in [0.05, 0.1) is 11.6 Å². The Kier molecular flexibility index (Phi) is 3.41. The summed E-state index contributed by atoms with van der Waals surface area (Å²) in [4.78, 5) is 11.2. The lowest BCUT2D eigenvalue weighted by atomic mass is 9.57. The predicted octanol–water partition coefficient (Wildman–Crippen LogP) is 1.93. The standard InChI is InChI=1S/C16H16N4O2/c1-20-10-18-19-14(20)8-16(6-11(7-16)9-17)13-4-2-3-12(5-13)15(21)22/h2-5,10-11H,6-8H2,1H3,(H,21,22)/t11-,16-. The predicted molar refractivity (Wildman–Crippen MR) is 78.1 cm³/mol. The first-order chi connectivity index (χ1) is 10.5. The SMILES string of the molecule is Cn1cnnc1C[C@]1(c2cccc(C(=O)O)c2)C[C@H](C#N)C1. The van der Waals surface area contributed by atoms with Crippen LogP contribution in [0.4, 0.5) is 0 Å². The summed E-state index contributed by atoms with van der Waals surface area (Å²) in [5.41, 5.74) is 1.00. The minimum Gasteiger partial charge on any atom is -0.478 e. The number of hydrogen-bond donors (Lipinski definition) is 1. The highest BCUT2D eigenvalue weighted by Crippen LogP contribution is 2.49. The maximum Gasteiger partial charge on any atom is 0.335 e. The molecule has 0 bridgehead atoms. The van der Waals surface area contributed by atoms with Gasteiger partial charge in [-0.2, -0.15) is 5.26 Å². The lowest BCUT2D eigenvalue weighted by molar-refractivity contribution is 0.0696. The van der Waals surface area contributed by atoms with Crippen molar-refractivity contribution in [1.82, 2.24) is 14.8 Å². The normalized spacial score (nSPS) is 23.5. The van der Waals surface area contributed by atoms with Gasteiger partial charge in [-0.15, -0.1) is 10.2 Å². The zero-order chi connectivity index (χ0) is 15.7. The molecule has 0 saturated heterocycles. The van der Waals surface area contributed by atoms with Gasteiger partial charge >= 0.3 is 5.97 Å². The average molecular weight is 296 g/mol. The van der Waals surface area contributed by atoms with Crippen molar-refractivity contribution < 1.29 is 9.90 Å². The Morgan fingerprint density at radius 2 is 2.32 bits per heavy atom. The van der Waals surface area contributed by atoms with Crippen LogP contribution in [0, 0.1) is 17.2 Å². The molecule has 22 heavy (non-hydrogen) atoms. The molecule has 1 aromatic heterocycles. The number of carbonyl (C=O) groups is 1. The number of carboxylic acid groups (broad SMARTS) is 1. The van der Waals surface area contributed by atoms with Gasteiger partial charge in [0.15, 0.2) is 0 Å². The molecule has 1 aromatic carbocycles. The van der Waals surface area contributed by atoms with E-state index in [4.69, 9.17) is 5.26 Å². The van der Waals surface area contributed by atoms with Crippen molar-refractivity contribution in [3.63, 3.8) is 0 Å². The second-order valence-corrected chi connectivity index (χ2v) is 5.94. The van der Waals surface area contributed by atoms with E-state index in [0.717, 1.165) is 24.2 Å². The molecule has 3 rings (SSSR count). The van der Waals surface area contributed by atoms with E-state index in [2.05, 4.69) is 16.3 Å². The van der Waals surface area contributed by atoms with E-state index in [1.807, 2.05) is 17.7 Å². The third-order valence-electron chi connectivity index (χ3n) is 4.48. The van der Waals surface area contributed by atoms with Gasteiger partial charge in [-0.05, 0) is 30.5 Å². The molecule has 1 saturated carbocycles. The molecule has 1 aliphatic carbocycles. The molecule has 0 spiro atoms. The molecule has 0 atom stereocenters. The lowest BCUT2D eigenvalue weighted by Gasteiger charge is -2.45. The first-order valence-electron chi connectivity index (χ1n) is 7.10. The molecule has 1 heterocycles. The summed E-state index contributed by atoms with van der Waals surface area (Å²) in [6, 6.07) is 9.30. The molecule has 0 unspecified atom stereocenters. The smallest absolute Gasteiger partial charge is 0.335 e. The third-order valence-corrected chi connectivity index (χ3v) is 4.48. The van der Waals surface area contributed by atoms with Gasteiger partial charge in [0, 0.05) is 24.8 Å². The van der Waals surface area contributed by atoms with Crippen molar-refractivity contribution in [3.8, 4) is 6.07 Å². The van der Waals surface area contributed by atoms with E-state index in [0.29, 0.717) is 6.42 Å². The van der Waals surface area contributed by atoms with E-state index >= 15 is 0 Å². The van der Waals surface area contributed by atoms with E-state index in [1.165, 1.54) is 0 Å². The average Bonchev–Trinajstić information content (AvgIpc) is 2.87. The molecular formula is C16H16N4O2. The highest BCUT2D eigenvalue weighted by molar-refractivity contribution is 5.87. The molecule has 0 aliphatic heterocycles. The minimum absolute atomic E-state index is 0.0155. The van der Waals surface area contributed by atoms with Crippen LogP contribution >= 0.6 is 0 Å². The Bertz CT molecular complexity index is 754. The minimum atomic E-state index is -0.938. The topological polar surface area (TPSA) is 91.8 Å². The van der Waals surface area contributed by atoms with Crippen LogP contribution in [0.15, 0.2) is 30.6 Å². The molecule has 1 aliphatic rings. The van der Waals surface area contributed by atoms with Crippen molar-refractivity contribution in [2.45, 2.75) is 24.7 Å². The molecule has 1 N–H and O–H groups in total. The van der Waals surface area contributed by atoms with Crippen molar-refractivity contribution in [3.05, 3.63) is 47.5 Å². The van der Waals surface area contributed by atoms with Crippen LogP contribution in [0.1, 0.15) is 34.6 Å². The highest BCUT2D eigenvalue weighted by Gasteiger charge is 2.46. The van der Waals surface area contributed by atoms with Crippen LogP contribution in [-0.2, 0) is 18.9 Å². The number of carboxylic acids is 1. The van der Waals surface area contributed by atoms with Crippen LogP contribution in [0.3, 0.4) is 0 Å². The highest BCUT2D eigenvalue weighted by atomic mass is 16.4. The van der Waals surface area contributed by atoms with Gasteiger partial charge in [-0.3, -0.25) is 0 Å². The summed E-state index contributed by atoms with van der Waals surface area (Å²) in [6.07, 6.45) is 3.75. The van der Waals surface area contributed by atoms with E-state index in [-0.39, 0.29) is 16.9 Å². The van der Waals surface area contributed by atoms with Gasteiger partial charge in [0.2, 0.25) is 0 Å². The summed E-state index contributed by atoms with van der Waals surface area (Å²) in [5.74, 6) is -0.0781. The summed E-state index contributed by atoms with van der Waals surface area (Å²) in [6.45, 7) is 0. The maximum atomic E-state index is 11.2. The van der Waals surface area contributed by atoms with Crippen LogP contribution in [0.5, 0.6) is 0 Å². The number of nitriles is 1. The quantitative estimate of drug-likeness (QED) is 0.930.